The number of rotatable bonds is 4. The Kier molecular flexibility index (Phi) is 3.89. The van der Waals surface area contributed by atoms with Crippen LogP contribution in [0.15, 0.2) is 18.3 Å². The second-order valence-corrected chi connectivity index (χ2v) is 5.24. The van der Waals surface area contributed by atoms with Gasteiger partial charge in [-0.05, 0) is 31.2 Å². The number of aromatic carboxylic acids is 1. The molecule has 1 fully saturated rings. The molecule has 0 aliphatic heterocycles. The zero-order chi connectivity index (χ0) is 12.3. The summed E-state index contributed by atoms with van der Waals surface area (Å²) in [5, 5.41) is 12.9. The van der Waals surface area contributed by atoms with E-state index < -0.39 is 5.97 Å². The molecule has 1 aromatic heterocycles. The van der Waals surface area contributed by atoms with Crippen LogP contribution in [0.4, 0.5) is 5.82 Å². The molecule has 5 heteroatoms. The Balaban J connectivity index is 2.15. The average molecular weight is 252 g/mol. The van der Waals surface area contributed by atoms with E-state index in [0.29, 0.717) is 17.1 Å². The molecule has 0 aromatic carbocycles. The Hall–Kier alpha value is -1.23. The third-order valence-electron chi connectivity index (χ3n) is 3.12. The number of carboxylic acids is 1. The summed E-state index contributed by atoms with van der Waals surface area (Å²) in [6.07, 6.45) is 7.19. The molecule has 1 aliphatic carbocycles. The SMILES string of the molecule is CSC1CCCC1Nc1ncccc1C(=O)O. The van der Waals surface area contributed by atoms with E-state index in [0.717, 1.165) is 6.42 Å². The Morgan fingerprint density at radius 2 is 2.41 bits per heavy atom. The molecule has 2 N–H and O–H groups in total. The van der Waals surface area contributed by atoms with Gasteiger partial charge in [-0.25, -0.2) is 9.78 Å². The largest absolute Gasteiger partial charge is 0.478 e. The highest BCUT2D eigenvalue weighted by molar-refractivity contribution is 7.99. The summed E-state index contributed by atoms with van der Waals surface area (Å²) in [7, 11) is 0. The van der Waals surface area contributed by atoms with Crippen molar-refractivity contribution in [3.8, 4) is 0 Å². The van der Waals surface area contributed by atoms with E-state index in [4.69, 9.17) is 5.11 Å². The van der Waals surface area contributed by atoms with Crippen molar-refractivity contribution in [1.82, 2.24) is 4.98 Å². The number of anilines is 1. The predicted molar refractivity (Wildman–Crippen MR) is 69.8 cm³/mol. The molecule has 1 aliphatic rings. The van der Waals surface area contributed by atoms with E-state index >= 15 is 0 Å². The Morgan fingerprint density at radius 1 is 1.59 bits per heavy atom. The number of carbonyl (C=O) groups is 1. The number of nitrogens with zero attached hydrogens (tertiary/aromatic N) is 1. The minimum atomic E-state index is -0.931. The van der Waals surface area contributed by atoms with Gasteiger partial charge in [-0.15, -0.1) is 0 Å². The van der Waals surface area contributed by atoms with E-state index in [1.54, 1.807) is 18.3 Å². The van der Waals surface area contributed by atoms with E-state index in [2.05, 4.69) is 16.6 Å². The van der Waals surface area contributed by atoms with Crippen LogP contribution in [0.3, 0.4) is 0 Å². The number of nitrogens with one attached hydrogen (secondary N) is 1. The number of pyridine rings is 1. The lowest BCUT2D eigenvalue weighted by Crippen LogP contribution is -2.27. The van der Waals surface area contributed by atoms with Gasteiger partial charge in [0.2, 0.25) is 0 Å². The fourth-order valence-corrected chi connectivity index (χ4v) is 3.18. The first-order valence-corrected chi connectivity index (χ1v) is 6.99. The first kappa shape index (κ1) is 12.2. The summed E-state index contributed by atoms with van der Waals surface area (Å²) in [5.41, 5.74) is 0.249. The van der Waals surface area contributed by atoms with Gasteiger partial charge in [0.1, 0.15) is 11.4 Å². The van der Waals surface area contributed by atoms with Gasteiger partial charge in [0.05, 0.1) is 0 Å². The quantitative estimate of drug-likeness (QED) is 0.862. The van der Waals surface area contributed by atoms with Crippen molar-refractivity contribution >= 4 is 23.5 Å². The molecule has 92 valence electrons. The second-order valence-electron chi connectivity index (χ2n) is 4.16. The second kappa shape index (κ2) is 5.40. The molecule has 0 spiro atoms. The molecular formula is C12H16N2O2S. The van der Waals surface area contributed by atoms with Crippen LogP contribution in [0.1, 0.15) is 29.6 Å². The first-order valence-electron chi connectivity index (χ1n) is 5.70. The summed E-state index contributed by atoms with van der Waals surface area (Å²) in [6, 6.07) is 3.56. The third-order valence-corrected chi connectivity index (χ3v) is 4.29. The predicted octanol–water partition coefficient (Wildman–Crippen LogP) is 2.48. The van der Waals surface area contributed by atoms with E-state index in [1.165, 1.54) is 12.8 Å². The zero-order valence-corrected chi connectivity index (χ0v) is 10.5. The van der Waals surface area contributed by atoms with Crippen LogP contribution in [-0.4, -0.2) is 33.6 Å². The molecule has 17 heavy (non-hydrogen) atoms. The highest BCUT2D eigenvalue weighted by Gasteiger charge is 2.27. The first-order chi connectivity index (χ1) is 8.22. The monoisotopic (exact) mass is 252 g/mol. The minimum Gasteiger partial charge on any atom is -0.478 e. The van der Waals surface area contributed by atoms with Crippen molar-refractivity contribution in [2.24, 2.45) is 0 Å². The molecule has 2 atom stereocenters. The molecule has 2 rings (SSSR count). The molecular weight excluding hydrogens is 236 g/mol. The number of hydrogen-bond acceptors (Lipinski definition) is 4. The fraction of sp³-hybridized carbons (Fsp3) is 0.500. The van der Waals surface area contributed by atoms with Crippen LogP contribution < -0.4 is 5.32 Å². The van der Waals surface area contributed by atoms with Crippen LogP contribution in [-0.2, 0) is 0 Å². The molecule has 0 radical (unpaired) electrons. The topological polar surface area (TPSA) is 62.2 Å². The van der Waals surface area contributed by atoms with Gasteiger partial charge in [-0.3, -0.25) is 0 Å². The van der Waals surface area contributed by atoms with Crippen LogP contribution in [0, 0.1) is 0 Å². The summed E-state index contributed by atoms with van der Waals surface area (Å²) >= 11 is 1.84. The third kappa shape index (κ3) is 2.72. The lowest BCUT2D eigenvalue weighted by Gasteiger charge is -2.20. The number of carboxylic acid groups (broad SMARTS) is 1. The van der Waals surface area contributed by atoms with Crippen molar-refractivity contribution in [3.63, 3.8) is 0 Å². The maximum absolute atomic E-state index is 11.1. The van der Waals surface area contributed by atoms with Crippen LogP contribution in [0.2, 0.25) is 0 Å². The Labute approximate surface area is 105 Å². The zero-order valence-electron chi connectivity index (χ0n) is 9.72. The molecule has 2 unspecified atom stereocenters. The van der Waals surface area contributed by atoms with Gasteiger partial charge >= 0.3 is 5.97 Å². The fourth-order valence-electron chi connectivity index (χ4n) is 2.24. The van der Waals surface area contributed by atoms with Crippen molar-refractivity contribution in [1.29, 1.82) is 0 Å². The molecule has 0 bridgehead atoms. The number of hydrogen-bond donors (Lipinski definition) is 2. The van der Waals surface area contributed by atoms with E-state index in [9.17, 15) is 4.79 Å². The van der Waals surface area contributed by atoms with E-state index in [1.807, 2.05) is 11.8 Å². The molecule has 0 amide bonds. The molecule has 0 saturated heterocycles. The van der Waals surface area contributed by atoms with Gasteiger partial charge in [0.15, 0.2) is 0 Å². The highest BCUT2D eigenvalue weighted by Crippen LogP contribution is 2.30. The van der Waals surface area contributed by atoms with Crippen molar-refractivity contribution in [2.45, 2.75) is 30.6 Å². The van der Waals surface area contributed by atoms with Crippen molar-refractivity contribution < 1.29 is 9.90 Å². The maximum Gasteiger partial charge on any atom is 0.339 e. The average Bonchev–Trinajstić information content (AvgIpc) is 2.77. The Morgan fingerprint density at radius 3 is 3.12 bits per heavy atom. The van der Waals surface area contributed by atoms with Gasteiger partial charge < -0.3 is 10.4 Å². The van der Waals surface area contributed by atoms with Crippen molar-refractivity contribution in [3.05, 3.63) is 23.9 Å². The van der Waals surface area contributed by atoms with Crippen molar-refractivity contribution in [2.75, 3.05) is 11.6 Å². The van der Waals surface area contributed by atoms with Crippen LogP contribution in [0.25, 0.3) is 0 Å². The summed E-state index contributed by atoms with van der Waals surface area (Å²) < 4.78 is 0. The van der Waals surface area contributed by atoms with Gasteiger partial charge in [-0.2, -0.15) is 11.8 Å². The summed E-state index contributed by atoms with van der Waals surface area (Å²) in [6.45, 7) is 0. The number of thioether (sulfide) groups is 1. The van der Waals surface area contributed by atoms with Gasteiger partial charge in [0, 0.05) is 17.5 Å². The number of aromatic nitrogens is 1. The molecule has 1 heterocycles. The lowest BCUT2D eigenvalue weighted by molar-refractivity contribution is 0.0697. The molecule has 4 nitrogen and oxygen atoms in total. The smallest absolute Gasteiger partial charge is 0.339 e. The normalized spacial score (nSPS) is 23.6. The highest BCUT2D eigenvalue weighted by atomic mass is 32.2. The van der Waals surface area contributed by atoms with Gasteiger partial charge in [-0.1, -0.05) is 6.42 Å². The van der Waals surface area contributed by atoms with Crippen LogP contribution in [0.5, 0.6) is 0 Å². The molecule has 1 saturated carbocycles. The maximum atomic E-state index is 11.1. The summed E-state index contributed by atoms with van der Waals surface area (Å²) in [5.74, 6) is -0.440. The summed E-state index contributed by atoms with van der Waals surface area (Å²) in [4.78, 5) is 15.2. The lowest BCUT2D eigenvalue weighted by atomic mass is 10.2. The minimum absolute atomic E-state index is 0.249. The standard InChI is InChI=1S/C12H16N2O2S/c1-17-10-6-2-5-9(10)14-11-8(12(15)16)4-3-7-13-11/h3-4,7,9-10H,2,5-6H2,1H3,(H,13,14)(H,15,16). The Bertz CT molecular complexity index is 411. The molecule has 1 aromatic rings. The van der Waals surface area contributed by atoms with Crippen LogP contribution >= 0.6 is 11.8 Å². The van der Waals surface area contributed by atoms with E-state index in [-0.39, 0.29) is 5.56 Å². The van der Waals surface area contributed by atoms with Gasteiger partial charge in [0.25, 0.3) is 0 Å².